The van der Waals surface area contributed by atoms with E-state index in [9.17, 15) is 21.6 Å². The molecule has 0 atom stereocenters. The molecule has 1 saturated carbocycles. The summed E-state index contributed by atoms with van der Waals surface area (Å²) in [5.41, 5.74) is 0. The molecule has 1 amide bonds. The molecule has 9 heteroatoms. The first-order valence-electron chi connectivity index (χ1n) is 8.36. The molecule has 0 aliphatic heterocycles. The molecule has 2 N–H and O–H groups in total. The van der Waals surface area contributed by atoms with Gasteiger partial charge >= 0.3 is 0 Å². The molecule has 0 unspecified atom stereocenters. The summed E-state index contributed by atoms with van der Waals surface area (Å²) in [5.74, 6) is -0.0200. The Labute approximate surface area is 149 Å². The van der Waals surface area contributed by atoms with Crippen molar-refractivity contribution < 1.29 is 21.6 Å². The molecule has 2 rings (SSSR count). The van der Waals surface area contributed by atoms with Gasteiger partial charge in [-0.2, -0.15) is 0 Å². The molecule has 0 heterocycles. The zero-order chi connectivity index (χ0) is 18.5. The molecule has 1 fully saturated rings. The normalized spacial score (nSPS) is 16.0. The molecule has 7 nitrogen and oxygen atoms in total. The highest BCUT2D eigenvalue weighted by atomic mass is 32.2. The zero-order valence-corrected chi connectivity index (χ0v) is 15.8. The molecule has 0 aromatic heterocycles. The minimum atomic E-state index is -3.74. The number of sulfone groups is 1. The zero-order valence-electron chi connectivity index (χ0n) is 14.2. The lowest BCUT2D eigenvalue weighted by molar-refractivity contribution is -0.124. The Bertz CT molecular complexity index is 795. The summed E-state index contributed by atoms with van der Waals surface area (Å²) in [5, 5.41) is 2.74. The molecule has 0 spiro atoms. The van der Waals surface area contributed by atoms with E-state index in [1.807, 2.05) is 0 Å². The first-order valence-corrected chi connectivity index (χ1v) is 11.5. The number of hydrogen-bond acceptors (Lipinski definition) is 5. The standard InChI is InChI=1S/C16H24N2O5S2/c1-2-24(20,21)14-7-9-15(10-8-14)25(22,23)18-12-11-17-16(19)13-5-3-4-6-13/h7-10,13,18H,2-6,11-12H2,1H3,(H,17,19). The lowest BCUT2D eigenvalue weighted by Crippen LogP contribution is -2.37. The molecule has 1 aromatic rings. The quantitative estimate of drug-likeness (QED) is 0.647. The summed E-state index contributed by atoms with van der Waals surface area (Å²) in [4.78, 5) is 11.9. The van der Waals surface area contributed by atoms with Gasteiger partial charge in [-0.3, -0.25) is 4.79 Å². The Morgan fingerprint density at radius 2 is 1.56 bits per heavy atom. The van der Waals surface area contributed by atoms with Crippen molar-refractivity contribution in [2.75, 3.05) is 18.8 Å². The summed E-state index contributed by atoms with van der Waals surface area (Å²) in [6.45, 7) is 1.83. The van der Waals surface area contributed by atoms with E-state index in [-0.39, 0.29) is 40.5 Å². The second-order valence-electron chi connectivity index (χ2n) is 6.05. The van der Waals surface area contributed by atoms with Crippen LogP contribution in [0.3, 0.4) is 0 Å². The fourth-order valence-electron chi connectivity index (χ4n) is 2.78. The molecule has 25 heavy (non-hydrogen) atoms. The predicted molar refractivity (Wildman–Crippen MR) is 94.3 cm³/mol. The SMILES string of the molecule is CCS(=O)(=O)c1ccc(S(=O)(=O)NCCNC(=O)C2CCCC2)cc1. The summed E-state index contributed by atoms with van der Waals surface area (Å²) < 4.78 is 50.3. The predicted octanol–water partition coefficient (Wildman–Crippen LogP) is 1.06. The van der Waals surface area contributed by atoms with E-state index in [2.05, 4.69) is 10.0 Å². The molecule has 1 aromatic carbocycles. The number of hydrogen-bond donors (Lipinski definition) is 2. The van der Waals surface area contributed by atoms with Crippen LogP contribution in [0.4, 0.5) is 0 Å². The van der Waals surface area contributed by atoms with Crippen molar-refractivity contribution in [1.82, 2.24) is 10.0 Å². The monoisotopic (exact) mass is 388 g/mol. The van der Waals surface area contributed by atoms with Gasteiger partial charge in [0.1, 0.15) is 0 Å². The Balaban J connectivity index is 1.87. The summed E-state index contributed by atoms with van der Waals surface area (Å²) >= 11 is 0. The van der Waals surface area contributed by atoms with Crippen LogP contribution in [0, 0.1) is 5.92 Å². The minimum Gasteiger partial charge on any atom is -0.355 e. The van der Waals surface area contributed by atoms with Gasteiger partial charge in [-0.25, -0.2) is 21.6 Å². The number of rotatable bonds is 8. The van der Waals surface area contributed by atoms with Gasteiger partial charge in [-0.1, -0.05) is 19.8 Å². The van der Waals surface area contributed by atoms with Crippen LogP contribution < -0.4 is 10.0 Å². The van der Waals surface area contributed by atoms with E-state index in [1.54, 1.807) is 0 Å². The van der Waals surface area contributed by atoms with Gasteiger partial charge in [-0.15, -0.1) is 0 Å². The number of amides is 1. The van der Waals surface area contributed by atoms with Crippen LogP contribution in [0.15, 0.2) is 34.1 Å². The largest absolute Gasteiger partial charge is 0.355 e. The lowest BCUT2D eigenvalue weighted by atomic mass is 10.1. The average molecular weight is 389 g/mol. The molecule has 0 radical (unpaired) electrons. The maximum absolute atomic E-state index is 12.2. The summed E-state index contributed by atoms with van der Waals surface area (Å²) in [7, 11) is -7.10. The van der Waals surface area contributed by atoms with Crippen molar-refractivity contribution in [3.05, 3.63) is 24.3 Å². The number of sulfonamides is 1. The Kier molecular flexibility index (Phi) is 6.59. The van der Waals surface area contributed by atoms with Crippen molar-refractivity contribution in [1.29, 1.82) is 0 Å². The fourth-order valence-corrected chi connectivity index (χ4v) is 4.70. The van der Waals surface area contributed by atoms with Gasteiger partial charge in [0, 0.05) is 19.0 Å². The fraction of sp³-hybridized carbons (Fsp3) is 0.562. The summed E-state index contributed by atoms with van der Waals surface area (Å²) in [6, 6.07) is 5.11. The Hall–Kier alpha value is -1.45. The van der Waals surface area contributed by atoms with E-state index in [1.165, 1.54) is 31.2 Å². The minimum absolute atomic E-state index is 0.00956. The van der Waals surface area contributed by atoms with Gasteiger partial charge in [0.15, 0.2) is 9.84 Å². The van der Waals surface area contributed by atoms with Crippen molar-refractivity contribution in [2.45, 2.75) is 42.4 Å². The smallest absolute Gasteiger partial charge is 0.240 e. The first kappa shape index (κ1) is 19.9. The van der Waals surface area contributed by atoms with Gasteiger partial charge < -0.3 is 5.32 Å². The molecule has 1 aliphatic carbocycles. The highest BCUT2D eigenvalue weighted by Crippen LogP contribution is 2.24. The molecule has 0 bridgehead atoms. The van der Waals surface area contributed by atoms with Gasteiger partial charge in [0.25, 0.3) is 0 Å². The van der Waals surface area contributed by atoms with Crippen LogP contribution >= 0.6 is 0 Å². The van der Waals surface area contributed by atoms with Crippen molar-refractivity contribution >= 4 is 25.8 Å². The van der Waals surface area contributed by atoms with E-state index in [4.69, 9.17) is 0 Å². The highest BCUT2D eigenvalue weighted by molar-refractivity contribution is 7.91. The highest BCUT2D eigenvalue weighted by Gasteiger charge is 2.22. The molecular formula is C16H24N2O5S2. The topological polar surface area (TPSA) is 109 Å². The van der Waals surface area contributed by atoms with E-state index in [0.29, 0.717) is 0 Å². The first-order chi connectivity index (χ1) is 11.8. The molecule has 140 valence electrons. The number of carbonyl (C=O) groups excluding carboxylic acids is 1. The van der Waals surface area contributed by atoms with E-state index < -0.39 is 19.9 Å². The molecule has 0 saturated heterocycles. The second kappa shape index (κ2) is 8.29. The Morgan fingerprint density at radius 3 is 2.12 bits per heavy atom. The Morgan fingerprint density at radius 1 is 1.00 bits per heavy atom. The van der Waals surface area contributed by atoms with Crippen molar-refractivity contribution in [3.8, 4) is 0 Å². The van der Waals surface area contributed by atoms with E-state index in [0.717, 1.165) is 25.7 Å². The van der Waals surface area contributed by atoms with Crippen LogP contribution in [0.2, 0.25) is 0 Å². The van der Waals surface area contributed by atoms with Gasteiger partial charge in [0.05, 0.1) is 15.5 Å². The van der Waals surface area contributed by atoms with Crippen molar-refractivity contribution in [2.24, 2.45) is 5.92 Å². The van der Waals surface area contributed by atoms with Crippen LogP contribution in [0.5, 0.6) is 0 Å². The third-order valence-electron chi connectivity index (χ3n) is 4.32. The van der Waals surface area contributed by atoms with Crippen LogP contribution in [-0.2, 0) is 24.7 Å². The maximum Gasteiger partial charge on any atom is 0.240 e. The summed E-state index contributed by atoms with van der Waals surface area (Å²) in [6.07, 6.45) is 3.91. The molecular weight excluding hydrogens is 364 g/mol. The van der Waals surface area contributed by atoms with Crippen LogP contribution in [0.1, 0.15) is 32.6 Å². The van der Waals surface area contributed by atoms with Gasteiger partial charge in [0.2, 0.25) is 15.9 Å². The average Bonchev–Trinajstić information content (AvgIpc) is 3.13. The van der Waals surface area contributed by atoms with Crippen LogP contribution in [-0.4, -0.2) is 41.6 Å². The third kappa shape index (κ3) is 5.26. The number of nitrogens with one attached hydrogen (secondary N) is 2. The number of carbonyl (C=O) groups is 1. The second-order valence-corrected chi connectivity index (χ2v) is 10.1. The van der Waals surface area contributed by atoms with Crippen LogP contribution in [0.25, 0.3) is 0 Å². The van der Waals surface area contributed by atoms with Crippen molar-refractivity contribution in [3.63, 3.8) is 0 Å². The van der Waals surface area contributed by atoms with E-state index >= 15 is 0 Å². The van der Waals surface area contributed by atoms with Gasteiger partial charge in [-0.05, 0) is 37.1 Å². The third-order valence-corrected chi connectivity index (χ3v) is 7.54. The molecule has 1 aliphatic rings. The lowest BCUT2D eigenvalue weighted by Gasteiger charge is -2.11. The number of benzene rings is 1. The maximum atomic E-state index is 12.2.